The highest BCUT2D eigenvalue weighted by Gasteiger charge is 2.42. The van der Waals surface area contributed by atoms with Crippen LogP contribution in [-0.4, -0.2) is 23.2 Å². The molecule has 190 valence electrons. The lowest BCUT2D eigenvalue weighted by Crippen LogP contribution is -2.41. The van der Waals surface area contributed by atoms with E-state index in [0.717, 1.165) is 28.2 Å². The van der Waals surface area contributed by atoms with Gasteiger partial charge in [-0.1, -0.05) is 61.3 Å². The van der Waals surface area contributed by atoms with Gasteiger partial charge in [0.1, 0.15) is 0 Å². The quantitative estimate of drug-likeness (QED) is 0.400. The van der Waals surface area contributed by atoms with Gasteiger partial charge in [-0.25, -0.2) is 0 Å². The van der Waals surface area contributed by atoms with Crippen molar-refractivity contribution in [2.75, 3.05) is 16.8 Å². The summed E-state index contributed by atoms with van der Waals surface area (Å²) >= 11 is 12.7. The molecule has 0 spiro atoms. The Labute approximate surface area is 226 Å². The Kier molecular flexibility index (Phi) is 6.97. The van der Waals surface area contributed by atoms with Gasteiger partial charge in [-0.3, -0.25) is 14.6 Å². The fourth-order valence-corrected chi connectivity index (χ4v) is 5.48. The van der Waals surface area contributed by atoms with Gasteiger partial charge in [0.05, 0.1) is 34.0 Å². The van der Waals surface area contributed by atoms with Crippen LogP contribution < -0.4 is 15.5 Å². The number of fused-ring (bicyclic) bond motifs is 1. The number of rotatable bonds is 5. The fourth-order valence-electron chi connectivity index (χ4n) is 5.17. The first kappa shape index (κ1) is 25.3. The molecule has 8 heteroatoms. The molecule has 0 radical (unpaired) electrons. The number of anilines is 2. The molecule has 1 atom stereocenters. The van der Waals surface area contributed by atoms with E-state index in [-0.39, 0.29) is 23.7 Å². The summed E-state index contributed by atoms with van der Waals surface area (Å²) in [6.07, 6.45) is 4.55. The second-order valence-electron chi connectivity index (χ2n) is 10.3. The number of carbonyl (C=O) groups is 2. The summed E-state index contributed by atoms with van der Waals surface area (Å²) in [4.78, 5) is 33.1. The van der Waals surface area contributed by atoms with E-state index in [1.165, 1.54) is 0 Å². The van der Waals surface area contributed by atoms with Gasteiger partial charge in [0.25, 0.3) is 0 Å². The fraction of sp³-hybridized carbons (Fsp3) is 0.276. The SMILES string of the molecule is CC1(C)CC(=O)C2=C(C1)Nc1ccccc1N(CC(=O)NCc1cccnc1)C2c1ccc(Cl)c(Cl)c1. The molecular formula is C29H28Cl2N4O2. The molecule has 0 fully saturated rings. The molecule has 0 bridgehead atoms. The van der Waals surface area contributed by atoms with Crippen molar-refractivity contribution in [3.63, 3.8) is 0 Å². The highest BCUT2D eigenvalue weighted by Crippen LogP contribution is 2.48. The first-order valence-electron chi connectivity index (χ1n) is 12.2. The zero-order valence-electron chi connectivity index (χ0n) is 20.7. The van der Waals surface area contributed by atoms with E-state index < -0.39 is 6.04 Å². The van der Waals surface area contributed by atoms with Crippen molar-refractivity contribution < 1.29 is 9.59 Å². The lowest BCUT2D eigenvalue weighted by atomic mass is 9.73. The molecule has 0 saturated carbocycles. The number of nitrogens with zero attached hydrogens (tertiary/aromatic N) is 2. The van der Waals surface area contributed by atoms with E-state index in [0.29, 0.717) is 35.0 Å². The Morgan fingerprint density at radius 2 is 1.92 bits per heavy atom. The third kappa shape index (κ3) is 5.36. The molecule has 1 aliphatic carbocycles. The van der Waals surface area contributed by atoms with Crippen LogP contribution in [0.1, 0.15) is 43.9 Å². The maximum Gasteiger partial charge on any atom is 0.239 e. The van der Waals surface area contributed by atoms with Gasteiger partial charge in [0.2, 0.25) is 5.91 Å². The molecule has 6 nitrogen and oxygen atoms in total. The van der Waals surface area contributed by atoms with Crippen molar-refractivity contribution in [2.24, 2.45) is 5.41 Å². The average Bonchev–Trinajstić information content (AvgIpc) is 2.99. The Morgan fingerprint density at radius 3 is 2.68 bits per heavy atom. The number of aromatic nitrogens is 1. The number of nitrogens with one attached hydrogen (secondary N) is 2. The highest BCUT2D eigenvalue weighted by molar-refractivity contribution is 6.42. The zero-order chi connectivity index (χ0) is 26.2. The van der Waals surface area contributed by atoms with Crippen LogP contribution in [0.5, 0.6) is 0 Å². The van der Waals surface area contributed by atoms with Crippen molar-refractivity contribution in [1.82, 2.24) is 10.3 Å². The molecule has 1 aromatic heterocycles. The van der Waals surface area contributed by atoms with E-state index in [4.69, 9.17) is 23.2 Å². The molecular weight excluding hydrogens is 507 g/mol. The molecule has 2 aliphatic rings. The van der Waals surface area contributed by atoms with Gasteiger partial charge < -0.3 is 15.5 Å². The molecule has 1 amide bonds. The number of pyridine rings is 1. The van der Waals surface area contributed by atoms with Crippen LogP contribution in [0.25, 0.3) is 0 Å². The van der Waals surface area contributed by atoms with E-state index in [2.05, 4.69) is 29.5 Å². The maximum atomic E-state index is 13.7. The molecule has 2 N–H and O–H groups in total. The summed E-state index contributed by atoms with van der Waals surface area (Å²) in [5, 5.41) is 7.38. The number of amides is 1. The van der Waals surface area contributed by atoms with Crippen molar-refractivity contribution in [3.05, 3.63) is 99.4 Å². The smallest absolute Gasteiger partial charge is 0.239 e. The van der Waals surface area contributed by atoms with Crippen molar-refractivity contribution in [1.29, 1.82) is 0 Å². The van der Waals surface area contributed by atoms with Crippen LogP contribution >= 0.6 is 23.2 Å². The van der Waals surface area contributed by atoms with Gasteiger partial charge in [0.15, 0.2) is 5.78 Å². The molecule has 3 aromatic rings. The number of ketones is 1. The van der Waals surface area contributed by atoms with Crippen molar-refractivity contribution in [3.8, 4) is 0 Å². The topological polar surface area (TPSA) is 74.3 Å². The number of carbonyl (C=O) groups excluding carboxylic acids is 2. The molecule has 0 saturated heterocycles. The summed E-state index contributed by atoms with van der Waals surface area (Å²) in [5.41, 5.74) is 4.74. The predicted molar refractivity (Wildman–Crippen MR) is 148 cm³/mol. The van der Waals surface area contributed by atoms with E-state index >= 15 is 0 Å². The van der Waals surface area contributed by atoms with E-state index in [9.17, 15) is 9.59 Å². The van der Waals surface area contributed by atoms with Crippen LogP contribution in [0, 0.1) is 5.41 Å². The molecule has 2 aromatic carbocycles. The average molecular weight is 535 g/mol. The standard InChI is InChI=1S/C29H28Cl2N4O2/c1-29(2)13-23-27(25(36)14-29)28(19-9-10-20(30)21(31)12-19)35(24-8-4-3-7-22(24)34-23)17-26(37)33-16-18-6-5-11-32-15-18/h3-12,15,28,34H,13-14,16-17H2,1-2H3,(H,33,37). The zero-order valence-corrected chi connectivity index (χ0v) is 22.2. The van der Waals surface area contributed by atoms with E-state index in [1.807, 2.05) is 47.4 Å². The van der Waals surface area contributed by atoms with Crippen LogP contribution in [-0.2, 0) is 16.1 Å². The molecule has 2 heterocycles. The number of hydrogen-bond donors (Lipinski definition) is 2. The summed E-state index contributed by atoms with van der Waals surface area (Å²) in [6.45, 7) is 4.60. The van der Waals surface area contributed by atoms with Gasteiger partial charge >= 0.3 is 0 Å². The Balaban J connectivity index is 1.60. The number of benzene rings is 2. The highest BCUT2D eigenvalue weighted by atomic mass is 35.5. The van der Waals surface area contributed by atoms with Crippen LogP contribution in [0.15, 0.2) is 78.3 Å². The number of halogens is 2. The number of para-hydroxylation sites is 2. The van der Waals surface area contributed by atoms with Gasteiger partial charge in [-0.15, -0.1) is 0 Å². The van der Waals surface area contributed by atoms with Gasteiger partial charge in [-0.2, -0.15) is 0 Å². The minimum absolute atomic E-state index is 0.0390. The van der Waals surface area contributed by atoms with Crippen molar-refractivity contribution >= 4 is 46.3 Å². The second kappa shape index (κ2) is 10.2. The monoisotopic (exact) mass is 534 g/mol. The normalized spacial score (nSPS) is 18.4. The lowest BCUT2D eigenvalue weighted by Gasteiger charge is -2.38. The van der Waals surface area contributed by atoms with Crippen molar-refractivity contribution in [2.45, 2.75) is 39.3 Å². The predicted octanol–water partition coefficient (Wildman–Crippen LogP) is 6.32. The number of hydrogen-bond acceptors (Lipinski definition) is 5. The maximum absolute atomic E-state index is 13.7. The lowest BCUT2D eigenvalue weighted by molar-refractivity contribution is -0.120. The molecule has 37 heavy (non-hydrogen) atoms. The van der Waals surface area contributed by atoms with Crippen LogP contribution in [0.2, 0.25) is 10.0 Å². The molecule has 5 rings (SSSR count). The Morgan fingerprint density at radius 1 is 1.11 bits per heavy atom. The summed E-state index contributed by atoms with van der Waals surface area (Å²) in [5.74, 6) is -0.111. The third-order valence-corrected chi connectivity index (χ3v) is 7.53. The summed E-state index contributed by atoms with van der Waals surface area (Å²) in [6, 6.07) is 16.5. The summed E-state index contributed by atoms with van der Waals surface area (Å²) < 4.78 is 0. The van der Waals surface area contributed by atoms with Crippen LogP contribution in [0.4, 0.5) is 11.4 Å². The first-order chi connectivity index (χ1) is 17.7. The van der Waals surface area contributed by atoms with Crippen LogP contribution in [0.3, 0.4) is 0 Å². The minimum Gasteiger partial charge on any atom is -0.357 e. The summed E-state index contributed by atoms with van der Waals surface area (Å²) in [7, 11) is 0. The number of allylic oxidation sites excluding steroid dienone is 1. The Bertz CT molecular complexity index is 1390. The largest absolute Gasteiger partial charge is 0.357 e. The first-order valence-corrected chi connectivity index (χ1v) is 13.0. The molecule has 1 unspecified atom stereocenters. The molecule has 1 aliphatic heterocycles. The van der Waals surface area contributed by atoms with Gasteiger partial charge in [0, 0.05) is 36.6 Å². The van der Waals surface area contributed by atoms with Gasteiger partial charge in [-0.05, 0) is 53.3 Å². The second-order valence-corrected chi connectivity index (χ2v) is 11.1. The Hall–Kier alpha value is -3.35. The van der Waals surface area contributed by atoms with E-state index in [1.54, 1.807) is 24.5 Å². The minimum atomic E-state index is -0.520. The number of Topliss-reactive ketones (excluding diaryl/α,β-unsaturated/α-hetero) is 1. The third-order valence-electron chi connectivity index (χ3n) is 6.79.